The number of carbonyl (C=O) groups is 1. The van der Waals surface area contributed by atoms with Gasteiger partial charge in [0.25, 0.3) is 11.4 Å². The van der Waals surface area contributed by atoms with Gasteiger partial charge in [-0.05, 0) is 30.7 Å². The van der Waals surface area contributed by atoms with E-state index in [-0.39, 0.29) is 17.1 Å². The van der Waals surface area contributed by atoms with Crippen LogP contribution >= 0.6 is 0 Å². The quantitative estimate of drug-likeness (QED) is 0.459. The van der Waals surface area contributed by atoms with E-state index in [1.807, 2.05) is 0 Å². The third-order valence-corrected chi connectivity index (χ3v) is 3.24. The van der Waals surface area contributed by atoms with Crippen molar-refractivity contribution in [3.63, 3.8) is 0 Å². The number of hydrogen-bond donors (Lipinski definition) is 1. The molecule has 0 saturated carbocycles. The van der Waals surface area contributed by atoms with Crippen LogP contribution in [0.5, 0.6) is 5.75 Å². The van der Waals surface area contributed by atoms with E-state index in [1.54, 1.807) is 13.0 Å². The summed E-state index contributed by atoms with van der Waals surface area (Å²) in [5.74, 6) is -0.284. The van der Waals surface area contributed by atoms with Crippen molar-refractivity contribution in [3.05, 3.63) is 74.3 Å². The molecule has 0 spiro atoms. The molecular formula is C17H15N3O6. The summed E-state index contributed by atoms with van der Waals surface area (Å²) < 4.78 is 5.21. The number of nitro groups is 2. The second-order valence-corrected chi connectivity index (χ2v) is 5.04. The van der Waals surface area contributed by atoms with Crippen molar-refractivity contribution < 1.29 is 19.4 Å². The summed E-state index contributed by atoms with van der Waals surface area (Å²) in [4.78, 5) is 32.7. The first-order chi connectivity index (χ1) is 12.4. The third kappa shape index (κ3) is 4.87. The molecule has 0 saturated heterocycles. The Morgan fingerprint density at radius 3 is 2.58 bits per heavy atom. The van der Waals surface area contributed by atoms with Gasteiger partial charge in [0.2, 0.25) is 5.91 Å². The van der Waals surface area contributed by atoms with Crippen LogP contribution < -0.4 is 10.1 Å². The van der Waals surface area contributed by atoms with Crippen LogP contribution in [0.25, 0.3) is 6.08 Å². The zero-order valence-electron chi connectivity index (χ0n) is 13.7. The minimum Gasteiger partial charge on any atom is -0.494 e. The Balaban J connectivity index is 2.15. The molecule has 2 rings (SSSR count). The van der Waals surface area contributed by atoms with Crippen molar-refractivity contribution in [3.8, 4) is 5.75 Å². The highest BCUT2D eigenvalue weighted by atomic mass is 16.6. The predicted molar refractivity (Wildman–Crippen MR) is 95.0 cm³/mol. The smallest absolute Gasteiger partial charge is 0.296 e. The maximum Gasteiger partial charge on any atom is 0.296 e. The van der Waals surface area contributed by atoms with Crippen LogP contribution in [0.2, 0.25) is 0 Å². The number of non-ortho nitro benzene ring substituents is 1. The second kappa shape index (κ2) is 8.38. The van der Waals surface area contributed by atoms with Gasteiger partial charge in [-0.15, -0.1) is 0 Å². The van der Waals surface area contributed by atoms with Gasteiger partial charge >= 0.3 is 0 Å². The van der Waals surface area contributed by atoms with E-state index in [9.17, 15) is 25.0 Å². The SMILES string of the molecule is CCOc1ccc(NC(=O)C=Cc2cccc([N+](=O)[O-])c2)c([N+](=O)[O-])c1. The number of anilines is 1. The number of carbonyl (C=O) groups excluding carboxylic acids is 1. The minimum atomic E-state index is -0.623. The number of nitrogens with zero attached hydrogens (tertiary/aromatic N) is 2. The van der Waals surface area contributed by atoms with Crippen LogP contribution in [0.1, 0.15) is 12.5 Å². The highest BCUT2D eigenvalue weighted by Crippen LogP contribution is 2.29. The highest BCUT2D eigenvalue weighted by molar-refractivity contribution is 6.03. The van der Waals surface area contributed by atoms with Crippen LogP contribution in [0.3, 0.4) is 0 Å². The number of hydrogen-bond acceptors (Lipinski definition) is 6. The lowest BCUT2D eigenvalue weighted by Crippen LogP contribution is -2.09. The molecule has 0 fully saturated rings. The van der Waals surface area contributed by atoms with Crippen molar-refractivity contribution in [2.24, 2.45) is 0 Å². The molecule has 0 aliphatic rings. The van der Waals surface area contributed by atoms with Crippen LogP contribution in [-0.4, -0.2) is 22.4 Å². The molecule has 26 heavy (non-hydrogen) atoms. The van der Waals surface area contributed by atoms with E-state index in [1.165, 1.54) is 42.5 Å². The van der Waals surface area contributed by atoms with E-state index < -0.39 is 15.8 Å². The van der Waals surface area contributed by atoms with Crippen LogP contribution in [0, 0.1) is 20.2 Å². The fraction of sp³-hybridized carbons (Fsp3) is 0.118. The van der Waals surface area contributed by atoms with Crippen LogP contribution in [0.15, 0.2) is 48.5 Å². The molecule has 134 valence electrons. The number of nitrogens with one attached hydrogen (secondary N) is 1. The summed E-state index contributed by atoms with van der Waals surface area (Å²) >= 11 is 0. The topological polar surface area (TPSA) is 125 Å². The summed E-state index contributed by atoms with van der Waals surface area (Å²) in [7, 11) is 0. The van der Waals surface area contributed by atoms with Crippen molar-refractivity contribution in [2.45, 2.75) is 6.92 Å². The number of nitro benzene ring substituents is 2. The molecule has 2 aromatic carbocycles. The molecule has 0 aliphatic carbocycles. The molecular weight excluding hydrogens is 342 g/mol. The number of amides is 1. The average molecular weight is 357 g/mol. The standard InChI is InChI=1S/C17H15N3O6/c1-2-26-14-7-8-15(16(11-14)20(24)25)18-17(21)9-6-12-4-3-5-13(10-12)19(22)23/h3-11H,2H2,1H3,(H,18,21). The molecule has 0 aromatic heterocycles. The summed E-state index contributed by atoms with van der Waals surface area (Å²) in [5.41, 5.74) is 0.0745. The Hall–Kier alpha value is -3.75. The molecule has 2 aromatic rings. The molecule has 1 N–H and O–H groups in total. The van der Waals surface area contributed by atoms with Gasteiger partial charge in [-0.2, -0.15) is 0 Å². The fourth-order valence-electron chi connectivity index (χ4n) is 2.11. The van der Waals surface area contributed by atoms with E-state index in [0.29, 0.717) is 17.9 Å². The zero-order valence-corrected chi connectivity index (χ0v) is 13.7. The zero-order chi connectivity index (χ0) is 19.1. The van der Waals surface area contributed by atoms with Crippen molar-refractivity contribution in [1.29, 1.82) is 0 Å². The maximum absolute atomic E-state index is 12.0. The van der Waals surface area contributed by atoms with Gasteiger partial charge in [-0.1, -0.05) is 12.1 Å². The Labute approximate surface area is 148 Å². The van der Waals surface area contributed by atoms with Gasteiger partial charge in [0.15, 0.2) is 0 Å². The largest absolute Gasteiger partial charge is 0.494 e. The van der Waals surface area contributed by atoms with Crippen LogP contribution in [0.4, 0.5) is 17.1 Å². The van der Waals surface area contributed by atoms with Gasteiger partial charge in [-0.25, -0.2) is 0 Å². The third-order valence-electron chi connectivity index (χ3n) is 3.24. The fourth-order valence-corrected chi connectivity index (χ4v) is 2.11. The molecule has 0 radical (unpaired) electrons. The van der Waals surface area contributed by atoms with E-state index in [4.69, 9.17) is 4.74 Å². The predicted octanol–water partition coefficient (Wildman–Crippen LogP) is 3.55. The highest BCUT2D eigenvalue weighted by Gasteiger charge is 2.16. The molecule has 1 amide bonds. The first-order valence-corrected chi connectivity index (χ1v) is 7.55. The molecule has 9 nitrogen and oxygen atoms in total. The summed E-state index contributed by atoms with van der Waals surface area (Å²) in [6, 6.07) is 9.84. The van der Waals surface area contributed by atoms with E-state index in [2.05, 4.69) is 5.32 Å². The summed E-state index contributed by atoms with van der Waals surface area (Å²) in [6.45, 7) is 2.11. The van der Waals surface area contributed by atoms with Gasteiger partial charge in [0, 0.05) is 18.2 Å². The summed E-state index contributed by atoms with van der Waals surface area (Å²) in [6.07, 6.45) is 2.52. The Bertz CT molecular complexity index is 879. The maximum atomic E-state index is 12.0. The lowest BCUT2D eigenvalue weighted by molar-refractivity contribution is -0.384. The van der Waals surface area contributed by atoms with Gasteiger partial charge in [-0.3, -0.25) is 25.0 Å². The first-order valence-electron chi connectivity index (χ1n) is 7.55. The van der Waals surface area contributed by atoms with Gasteiger partial charge < -0.3 is 10.1 Å². The number of ether oxygens (including phenoxy) is 1. The van der Waals surface area contributed by atoms with Crippen molar-refractivity contribution in [1.82, 2.24) is 0 Å². The van der Waals surface area contributed by atoms with Crippen molar-refractivity contribution in [2.75, 3.05) is 11.9 Å². The second-order valence-electron chi connectivity index (χ2n) is 5.04. The number of benzene rings is 2. The molecule has 0 aliphatic heterocycles. The molecule has 0 unspecified atom stereocenters. The van der Waals surface area contributed by atoms with Crippen LogP contribution in [-0.2, 0) is 4.79 Å². The molecule has 0 atom stereocenters. The van der Waals surface area contributed by atoms with E-state index >= 15 is 0 Å². The average Bonchev–Trinajstić information content (AvgIpc) is 2.61. The molecule has 0 heterocycles. The monoisotopic (exact) mass is 357 g/mol. The lowest BCUT2D eigenvalue weighted by Gasteiger charge is -2.07. The Morgan fingerprint density at radius 2 is 1.92 bits per heavy atom. The lowest BCUT2D eigenvalue weighted by atomic mass is 10.2. The van der Waals surface area contributed by atoms with E-state index in [0.717, 1.165) is 6.08 Å². The van der Waals surface area contributed by atoms with Gasteiger partial charge in [0.1, 0.15) is 11.4 Å². The van der Waals surface area contributed by atoms with Gasteiger partial charge in [0.05, 0.1) is 22.5 Å². The molecule has 9 heteroatoms. The number of rotatable bonds is 7. The Kier molecular flexibility index (Phi) is 5.99. The first kappa shape index (κ1) is 18.6. The minimum absolute atomic E-state index is 0.0205. The summed E-state index contributed by atoms with van der Waals surface area (Å²) in [5, 5.41) is 24.3. The Morgan fingerprint density at radius 1 is 1.15 bits per heavy atom. The van der Waals surface area contributed by atoms with Crippen molar-refractivity contribution >= 4 is 29.0 Å². The normalized spacial score (nSPS) is 10.5. The molecule has 0 bridgehead atoms.